The van der Waals surface area contributed by atoms with Gasteiger partial charge in [-0.1, -0.05) is 6.92 Å². The molecule has 0 aliphatic rings. The number of rotatable bonds is 4. The molecule has 2 aromatic heterocycles. The number of hydrazine groups is 1. The van der Waals surface area contributed by atoms with Gasteiger partial charge >= 0.3 is 0 Å². The van der Waals surface area contributed by atoms with Crippen LogP contribution < -0.4 is 16.0 Å². The number of pyridine rings is 1. The molecular weight excluding hydrogens is 242 g/mol. The van der Waals surface area contributed by atoms with Crippen LogP contribution in [0.15, 0.2) is 18.3 Å². The summed E-state index contributed by atoms with van der Waals surface area (Å²) < 4.78 is 5.74. The average Bonchev–Trinajstić information content (AvgIpc) is 2.43. The van der Waals surface area contributed by atoms with Gasteiger partial charge in [-0.25, -0.2) is 10.8 Å². The first kappa shape index (κ1) is 13.2. The third-order valence-corrected chi connectivity index (χ3v) is 2.70. The van der Waals surface area contributed by atoms with E-state index in [1.807, 2.05) is 32.9 Å². The second kappa shape index (κ2) is 5.62. The van der Waals surface area contributed by atoms with Gasteiger partial charge in [0.1, 0.15) is 17.4 Å². The second-order valence-electron chi connectivity index (χ2n) is 4.15. The average molecular weight is 259 g/mol. The Kier molecular flexibility index (Phi) is 3.91. The van der Waals surface area contributed by atoms with Gasteiger partial charge in [-0.3, -0.25) is 4.98 Å². The smallest absolute Gasteiger partial charge is 0.227 e. The number of ether oxygens (including phenoxy) is 1. The first-order chi connectivity index (χ1) is 9.13. The number of nitrogen functional groups attached to an aromatic ring is 1. The minimum absolute atomic E-state index is 0.491. The number of aryl methyl sites for hydroxylation is 2. The lowest BCUT2D eigenvalue weighted by Crippen LogP contribution is -2.13. The summed E-state index contributed by atoms with van der Waals surface area (Å²) >= 11 is 0. The van der Waals surface area contributed by atoms with E-state index in [2.05, 4.69) is 20.4 Å². The van der Waals surface area contributed by atoms with Crippen LogP contribution in [0.5, 0.6) is 11.6 Å². The minimum Gasteiger partial charge on any atom is -0.437 e. The summed E-state index contributed by atoms with van der Waals surface area (Å²) in [6.07, 6.45) is 2.37. The molecule has 0 fully saturated rings. The van der Waals surface area contributed by atoms with Crippen LogP contribution in [-0.2, 0) is 6.42 Å². The van der Waals surface area contributed by atoms with E-state index in [0.29, 0.717) is 29.7 Å². The molecule has 0 aliphatic heterocycles. The van der Waals surface area contributed by atoms with E-state index in [1.54, 1.807) is 6.20 Å². The maximum absolute atomic E-state index is 5.74. The maximum atomic E-state index is 5.74. The fourth-order valence-electron chi connectivity index (χ4n) is 1.56. The highest BCUT2D eigenvalue weighted by atomic mass is 16.5. The Bertz CT molecular complexity index is 568. The number of hydrogen-bond donors (Lipinski definition) is 2. The highest BCUT2D eigenvalue weighted by molar-refractivity contribution is 5.48. The molecule has 0 atom stereocenters. The summed E-state index contributed by atoms with van der Waals surface area (Å²) in [4.78, 5) is 12.8. The van der Waals surface area contributed by atoms with Crippen LogP contribution in [0.1, 0.15) is 24.0 Å². The third-order valence-electron chi connectivity index (χ3n) is 2.70. The molecule has 6 nitrogen and oxygen atoms in total. The molecule has 0 bridgehead atoms. The van der Waals surface area contributed by atoms with Crippen LogP contribution in [0, 0.1) is 13.8 Å². The lowest BCUT2D eigenvalue weighted by Gasteiger charge is -2.12. The van der Waals surface area contributed by atoms with Gasteiger partial charge in [-0.15, -0.1) is 0 Å². The molecule has 0 amide bonds. The van der Waals surface area contributed by atoms with E-state index in [1.165, 1.54) is 0 Å². The van der Waals surface area contributed by atoms with Gasteiger partial charge < -0.3 is 10.2 Å². The topological polar surface area (TPSA) is 86.0 Å². The van der Waals surface area contributed by atoms with E-state index in [-0.39, 0.29) is 0 Å². The Morgan fingerprint density at radius 1 is 1.26 bits per heavy atom. The molecule has 0 spiro atoms. The van der Waals surface area contributed by atoms with Gasteiger partial charge in [0.25, 0.3) is 0 Å². The summed E-state index contributed by atoms with van der Waals surface area (Å²) in [5.41, 5.74) is 4.26. The van der Waals surface area contributed by atoms with Crippen LogP contribution in [0.2, 0.25) is 0 Å². The molecule has 2 rings (SSSR count). The monoisotopic (exact) mass is 259 g/mol. The number of nitrogens with one attached hydrogen (secondary N) is 1. The Hall–Kier alpha value is -2.21. The minimum atomic E-state index is 0.491. The molecule has 0 radical (unpaired) electrons. The molecule has 2 aromatic rings. The Morgan fingerprint density at radius 2 is 2.05 bits per heavy atom. The van der Waals surface area contributed by atoms with E-state index >= 15 is 0 Å². The van der Waals surface area contributed by atoms with E-state index in [9.17, 15) is 0 Å². The van der Waals surface area contributed by atoms with Gasteiger partial charge in [-0.2, -0.15) is 4.98 Å². The van der Waals surface area contributed by atoms with Gasteiger partial charge in [0.05, 0.1) is 11.8 Å². The van der Waals surface area contributed by atoms with Gasteiger partial charge in [-0.05, 0) is 26.0 Å². The van der Waals surface area contributed by atoms with Crippen LogP contribution in [0.3, 0.4) is 0 Å². The molecule has 0 saturated heterocycles. The highest BCUT2D eigenvalue weighted by Crippen LogP contribution is 2.26. The van der Waals surface area contributed by atoms with E-state index in [0.717, 1.165) is 11.3 Å². The molecule has 0 unspecified atom stereocenters. The van der Waals surface area contributed by atoms with Crippen molar-refractivity contribution < 1.29 is 4.74 Å². The zero-order chi connectivity index (χ0) is 13.8. The summed E-state index contributed by atoms with van der Waals surface area (Å²) in [6.45, 7) is 5.75. The molecular formula is C13H17N5O. The Morgan fingerprint density at radius 3 is 2.63 bits per heavy atom. The predicted octanol–water partition coefficient (Wildman–Crippen LogP) is 2.13. The summed E-state index contributed by atoms with van der Waals surface area (Å²) in [6, 6.07) is 3.74. The fourth-order valence-corrected chi connectivity index (χ4v) is 1.56. The Labute approximate surface area is 112 Å². The zero-order valence-corrected chi connectivity index (χ0v) is 11.3. The molecule has 2 heterocycles. The fraction of sp³-hybridized carbons (Fsp3) is 0.308. The van der Waals surface area contributed by atoms with Crippen LogP contribution in [0.4, 0.5) is 5.82 Å². The molecule has 6 heteroatoms. The number of hydrogen-bond acceptors (Lipinski definition) is 6. The van der Waals surface area contributed by atoms with Crippen LogP contribution in [-0.4, -0.2) is 15.0 Å². The second-order valence-corrected chi connectivity index (χ2v) is 4.15. The van der Waals surface area contributed by atoms with Gasteiger partial charge in [0, 0.05) is 12.1 Å². The van der Waals surface area contributed by atoms with Crippen molar-refractivity contribution in [1.29, 1.82) is 0 Å². The van der Waals surface area contributed by atoms with Crippen molar-refractivity contribution in [2.45, 2.75) is 27.2 Å². The van der Waals surface area contributed by atoms with Crippen molar-refractivity contribution >= 4 is 5.82 Å². The maximum Gasteiger partial charge on any atom is 0.227 e. The normalized spacial score (nSPS) is 10.3. The van der Waals surface area contributed by atoms with Crippen molar-refractivity contribution in [2.24, 2.45) is 5.84 Å². The zero-order valence-electron chi connectivity index (χ0n) is 11.3. The highest BCUT2D eigenvalue weighted by Gasteiger charge is 2.11. The standard InChI is InChI=1S/C13H17N5O/c1-4-11-16-12(18-14)9(3)13(17-11)19-10-6-5-8(2)15-7-10/h5-7H,4,14H2,1-3H3,(H,16,17,18). The van der Waals surface area contributed by atoms with Crippen LogP contribution >= 0.6 is 0 Å². The van der Waals surface area contributed by atoms with Crippen LogP contribution in [0.25, 0.3) is 0 Å². The molecule has 0 aromatic carbocycles. The first-order valence-corrected chi connectivity index (χ1v) is 6.08. The summed E-state index contributed by atoms with van der Waals surface area (Å²) in [5, 5.41) is 0. The van der Waals surface area contributed by atoms with Crippen molar-refractivity contribution in [3.63, 3.8) is 0 Å². The van der Waals surface area contributed by atoms with Gasteiger partial charge in [0.2, 0.25) is 5.88 Å². The number of aromatic nitrogens is 3. The molecule has 3 N–H and O–H groups in total. The van der Waals surface area contributed by atoms with Gasteiger partial charge in [0.15, 0.2) is 0 Å². The predicted molar refractivity (Wildman–Crippen MR) is 73.0 cm³/mol. The number of anilines is 1. The summed E-state index contributed by atoms with van der Waals surface area (Å²) in [5.74, 6) is 7.82. The molecule has 100 valence electrons. The van der Waals surface area contributed by atoms with Crippen molar-refractivity contribution in [1.82, 2.24) is 15.0 Å². The van der Waals surface area contributed by atoms with E-state index in [4.69, 9.17) is 10.6 Å². The quantitative estimate of drug-likeness (QED) is 0.646. The van der Waals surface area contributed by atoms with E-state index < -0.39 is 0 Å². The number of nitrogens with zero attached hydrogens (tertiary/aromatic N) is 3. The molecule has 0 aliphatic carbocycles. The van der Waals surface area contributed by atoms with Crippen molar-refractivity contribution in [3.8, 4) is 11.6 Å². The Balaban J connectivity index is 2.35. The van der Waals surface area contributed by atoms with Crippen molar-refractivity contribution in [2.75, 3.05) is 5.43 Å². The lowest BCUT2D eigenvalue weighted by molar-refractivity contribution is 0.452. The third kappa shape index (κ3) is 2.97. The first-order valence-electron chi connectivity index (χ1n) is 6.08. The molecule has 19 heavy (non-hydrogen) atoms. The van der Waals surface area contributed by atoms with Crippen molar-refractivity contribution in [3.05, 3.63) is 35.4 Å². The largest absolute Gasteiger partial charge is 0.437 e. The molecule has 0 saturated carbocycles. The lowest BCUT2D eigenvalue weighted by atomic mass is 10.3. The SMILES string of the molecule is CCc1nc(NN)c(C)c(Oc2ccc(C)nc2)n1. The summed E-state index contributed by atoms with van der Waals surface area (Å²) in [7, 11) is 0. The number of nitrogens with two attached hydrogens (primary N) is 1.